The predicted molar refractivity (Wildman–Crippen MR) is 93.5 cm³/mol. The molecule has 0 aliphatic carbocycles. The highest BCUT2D eigenvalue weighted by Crippen LogP contribution is 2.30. The van der Waals surface area contributed by atoms with Crippen molar-refractivity contribution in [3.8, 4) is 0 Å². The zero-order valence-electron chi connectivity index (χ0n) is 13.9. The number of likely N-dealkylation sites (tertiary alicyclic amines) is 1. The molecule has 0 N–H and O–H groups in total. The second-order valence-corrected chi connectivity index (χ2v) is 6.17. The Labute approximate surface area is 142 Å². The van der Waals surface area contributed by atoms with E-state index in [1.165, 1.54) is 11.6 Å². The number of pyridine rings is 1. The van der Waals surface area contributed by atoms with Crippen LogP contribution in [0.2, 0.25) is 0 Å². The second-order valence-electron chi connectivity index (χ2n) is 6.17. The SMILES string of the molecule is C=CC(=O)N1C[C@@H](OCc2cccc(C)c2)[C@H](c2ccncc2)C1. The molecule has 1 aromatic heterocycles. The van der Waals surface area contributed by atoms with Crippen LogP contribution in [0.3, 0.4) is 0 Å². The van der Waals surface area contributed by atoms with Crippen LogP contribution in [0.4, 0.5) is 0 Å². The summed E-state index contributed by atoms with van der Waals surface area (Å²) in [6.07, 6.45) is 4.90. The third-order valence-electron chi connectivity index (χ3n) is 4.43. The lowest BCUT2D eigenvalue weighted by molar-refractivity contribution is -0.125. The van der Waals surface area contributed by atoms with Crippen molar-refractivity contribution in [2.75, 3.05) is 13.1 Å². The fraction of sp³-hybridized carbons (Fsp3) is 0.300. The first-order valence-corrected chi connectivity index (χ1v) is 8.16. The lowest BCUT2D eigenvalue weighted by atomic mass is 9.97. The standard InChI is InChI=1S/C20H22N2O2/c1-3-20(23)22-12-18(17-7-9-21-10-8-17)19(13-22)24-14-16-6-4-5-15(2)11-16/h3-11,18-19H,1,12-14H2,2H3/t18-,19+/m0/s1. The molecule has 2 atom stereocenters. The van der Waals surface area contributed by atoms with E-state index in [1.807, 2.05) is 18.2 Å². The summed E-state index contributed by atoms with van der Waals surface area (Å²) in [4.78, 5) is 17.9. The molecule has 0 unspecified atom stereocenters. The van der Waals surface area contributed by atoms with E-state index < -0.39 is 0 Å². The number of aryl methyl sites for hydroxylation is 1. The van der Waals surface area contributed by atoms with Crippen molar-refractivity contribution in [1.29, 1.82) is 0 Å². The lowest BCUT2D eigenvalue weighted by Gasteiger charge is -2.19. The molecule has 4 nitrogen and oxygen atoms in total. The first kappa shape index (κ1) is 16.4. The van der Waals surface area contributed by atoms with Gasteiger partial charge in [0.25, 0.3) is 0 Å². The maximum absolute atomic E-state index is 12.0. The third kappa shape index (κ3) is 3.71. The Bertz CT molecular complexity index is 715. The van der Waals surface area contributed by atoms with Crippen molar-refractivity contribution >= 4 is 5.91 Å². The quantitative estimate of drug-likeness (QED) is 0.795. The van der Waals surface area contributed by atoms with E-state index in [9.17, 15) is 4.79 Å². The maximum Gasteiger partial charge on any atom is 0.246 e. The van der Waals surface area contributed by atoms with E-state index >= 15 is 0 Å². The number of rotatable bonds is 5. The van der Waals surface area contributed by atoms with Crippen LogP contribution in [0.15, 0.2) is 61.4 Å². The van der Waals surface area contributed by atoms with Gasteiger partial charge >= 0.3 is 0 Å². The summed E-state index contributed by atoms with van der Waals surface area (Å²) in [6.45, 7) is 7.44. The summed E-state index contributed by atoms with van der Waals surface area (Å²) in [6, 6.07) is 12.3. The summed E-state index contributed by atoms with van der Waals surface area (Å²) >= 11 is 0. The van der Waals surface area contributed by atoms with Crippen molar-refractivity contribution in [3.63, 3.8) is 0 Å². The summed E-state index contributed by atoms with van der Waals surface area (Å²) in [5.74, 6) is 0.109. The number of carbonyl (C=O) groups excluding carboxylic acids is 1. The Hall–Kier alpha value is -2.46. The molecule has 1 aliphatic rings. The van der Waals surface area contributed by atoms with E-state index in [0.29, 0.717) is 19.7 Å². The largest absolute Gasteiger partial charge is 0.371 e. The van der Waals surface area contributed by atoms with Crippen LogP contribution in [0, 0.1) is 6.92 Å². The fourth-order valence-electron chi connectivity index (χ4n) is 3.19. The van der Waals surface area contributed by atoms with Crippen molar-refractivity contribution in [1.82, 2.24) is 9.88 Å². The van der Waals surface area contributed by atoms with Gasteiger partial charge in [-0.05, 0) is 36.3 Å². The minimum Gasteiger partial charge on any atom is -0.371 e. The number of hydrogen-bond donors (Lipinski definition) is 0. The smallest absolute Gasteiger partial charge is 0.246 e. The number of amides is 1. The third-order valence-corrected chi connectivity index (χ3v) is 4.43. The molecule has 0 saturated carbocycles. The molecule has 2 heterocycles. The van der Waals surface area contributed by atoms with Gasteiger partial charge in [0.15, 0.2) is 0 Å². The van der Waals surface area contributed by atoms with Gasteiger partial charge in [-0.1, -0.05) is 36.4 Å². The van der Waals surface area contributed by atoms with E-state index in [1.54, 1.807) is 17.3 Å². The van der Waals surface area contributed by atoms with Gasteiger partial charge in [0.1, 0.15) is 0 Å². The molecule has 1 amide bonds. The Kier molecular flexibility index (Phi) is 5.06. The zero-order valence-corrected chi connectivity index (χ0v) is 13.9. The molecule has 0 spiro atoms. The number of aromatic nitrogens is 1. The molecule has 2 aromatic rings. The zero-order chi connectivity index (χ0) is 16.9. The first-order chi connectivity index (χ1) is 11.7. The van der Waals surface area contributed by atoms with E-state index in [4.69, 9.17) is 4.74 Å². The van der Waals surface area contributed by atoms with Crippen LogP contribution in [-0.4, -0.2) is 35.0 Å². The number of nitrogens with zero attached hydrogens (tertiary/aromatic N) is 2. The first-order valence-electron chi connectivity index (χ1n) is 8.16. The van der Waals surface area contributed by atoms with Gasteiger partial charge in [-0.3, -0.25) is 9.78 Å². The van der Waals surface area contributed by atoms with Gasteiger partial charge in [-0.15, -0.1) is 0 Å². The van der Waals surface area contributed by atoms with E-state index in [0.717, 1.165) is 11.1 Å². The molecule has 4 heteroatoms. The monoisotopic (exact) mass is 322 g/mol. The molecule has 24 heavy (non-hydrogen) atoms. The van der Waals surface area contributed by atoms with Crippen LogP contribution in [-0.2, 0) is 16.1 Å². The van der Waals surface area contributed by atoms with Crippen LogP contribution in [0.5, 0.6) is 0 Å². The van der Waals surface area contributed by atoms with Gasteiger partial charge in [0, 0.05) is 31.4 Å². The van der Waals surface area contributed by atoms with Crippen molar-refractivity contribution in [3.05, 3.63) is 78.1 Å². The Morgan fingerprint density at radius 2 is 2.12 bits per heavy atom. The van der Waals surface area contributed by atoms with Crippen LogP contribution in [0.1, 0.15) is 22.6 Å². The molecule has 0 radical (unpaired) electrons. The van der Waals surface area contributed by atoms with Gasteiger partial charge in [0.05, 0.1) is 12.7 Å². The normalized spacial score (nSPS) is 20.1. The Morgan fingerprint density at radius 1 is 1.33 bits per heavy atom. The highest BCUT2D eigenvalue weighted by atomic mass is 16.5. The van der Waals surface area contributed by atoms with Crippen LogP contribution < -0.4 is 0 Å². The summed E-state index contributed by atoms with van der Waals surface area (Å²) in [5, 5.41) is 0. The van der Waals surface area contributed by atoms with E-state index in [-0.39, 0.29) is 17.9 Å². The average Bonchev–Trinajstić information content (AvgIpc) is 3.04. The molecule has 0 bridgehead atoms. The molecule has 124 valence electrons. The van der Waals surface area contributed by atoms with E-state index in [2.05, 4.69) is 36.7 Å². The fourth-order valence-corrected chi connectivity index (χ4v) is 3.19. The number of ether oxygens (including phenoxy) is 1. The topological polar surface area (TPSA) is 42.4 Å². The number of benzene rings is 1. The van der Waals surface area contributed by atoms with Gasteiger partial charge in [-0.25, -0.2) is 0 Å². The molecule has 1 saturated heterocycles. The molecule has 1 aromatic carbocycles. The molecule has 1 aliphatic heterocycles. The highest BCUT2D eigenvalue weighted by Gasteiger charge is 2.36. The maximum atomic E-state index is 12.0. The molecule has 1 fully saturated rings. The molecular formula is C20H22N2O2. The lowest BCUT2D eigenvalue weighted by Crippen LogP contribution is -2.28. The summed E-state index contributed by atoms with van der Waals surface area (Å²) in [5.41, 5.74) is 3.52. The minimum atomic E-state index is -0.0456. The van der Waals surface area contributed by atoms with Gasteiger partial charge in [0.2, 0.25) is 5.91 Å². The van der Waals surface area contributed by atoms with Gasteiger partial charge in [-0.2, -0.15) is 0 Å². The summed E-state index contributed by atoms with van der Waals surface area (Å²) < 4.78 is 6.19. The predicted octanol–water partition coefficient (Wildman–Crippen LogP) is 3.09. The Balaban J connectivity index is 1.74. The minimum absolute atomic E-state index is 0.0307. The Morgan fingerprint density at radius 3 is 2.83 bits per heavy atom. The summed E-state index contributed by atoms with van der Waals surface area (Å²) in [7, 11) is 0. The molecule has 3 rings (SSSR count). The molecular weight excluding hydrogens is 300 g/mol. The number of hydrogen-bond acceptors (Lipinski definition) is 3. The highest BCUT2D eigenvalue weighted by molar-refractivity contribution is 5.87. The number of carbonyl (C=O) groups is 1. The van der Waals surface area contributed by atoms with Crippen molar-refractivity contribution in [2.45, 2.75) is 25.6 Å². The second kappa shape index (κ2) is 7.41. The van der Waals surface area contributed by atoms with Gasteiger partial charge < -0.3 is 9.64 Å². The van der Waals surface area contributed by atoms with Crippen LogP contribution in [0.25, 0.3) is 0 Å². The van der Waals surface area contributed by atoms with Crippen LogP contribution >= 0.6 is 0 Å². The van der Waals surface area contributed by atoms with Crippen molar-refractivity contribution in [2.24, 2.45) is 0 Å². The average molecular weight is 322 g/mol. The van der Waals surface area contributed by atoms with Crippen molar-refractivity contribution < 1.29 is 9.53 Å².